The van der Waals surface area contributed by atoms with Gasteiger partial charge in [0.2, 0.25) is 0 Å². The van der Waals surface area contributed by atoms with Crippen LogP contribution in [0.4, 0.5) is 0 Å². The minimum atomic E-state index is 0.117. The second kappa shape index (κ2) is 4.09. The molecule has 0 aliphatic carbocycles. The molecule has 2 rings (SSSR count). The van der Waals surface area contributed by atoms with E-state index in [1.54, 1.807) is 23.3 Å². The van der Waals surface area contributed by atoms with Gasteiger partial charge < -0.3 is 4.57 Å². The van der Waals surface area contributed by atoms with Crippen LogP contribution in [0, 0.1) is 6.92 Å². The third-order valence-corrected chi connectivity index (χ3v) is 2.33. The maximum atomic E-state index is 11.9. The highest BCUT2D eigenvalue weighted by molar-refractivity contribution is 5.97. The molecule has 15 heavy (non-hydrogen) atoms. The molecule has 0 aliphatic heterocycles. The SMILES string of the molecule is Cc1ccccc1C(=O)Cn1ccnc1. The van der Waals surface area contributed by atoms with Crippen molar-refractivity contribution in [2.45, 2.75) is 13.5 Å². The maximum absolute atomic E-state index is 11.9. The summed E-state index contributed by atoms with van der Waals surface area (Å²) in [4.78, 5) is 15.8. The number of ketones is 1. The summed E-state index contributed by atoms with van der Waals surface area (Å²) in [6.07, 6.45) is 5.11. The molecule has 2 aromatic rings. The van der Waals surface area contributed by atoms with Gasteiger partial charge in [-0.1, -0.05) is 24.3 Å². The Morgan fingerprint density at radius 1 is 1.40 bits per heavy atom. The number of nitrogens with zero attached hydrogens (tertiary/aromatic N) is 2. The number of hydrogen-bond acceptors (Lipinski definition) is 2. The first-order valence-corrected chi connectivity index (χ1v) is 4.82. The fourth-order valence-corrected chi connectivity index (χ4v) is 1.52. The van der Waals surface area contributed by atoms with Crippen LogP contribution in [0.25, 0.3) is 0 Å². The van der Waals surface area contributed by atoms with Gasteiger partial charge in [-0.3, -0.25) is 4.79 Å². The molecule has 0 N–H and O–H groups in total. The lowest BCUT2D eigenvalue weighted by Crippen LogP contribution is -2.10. The number of carbonyl (C=O) groups is 1. The van der Waals surface area contributed by atoms with Crippen molar-refractivity contribution < 1.29 is 4.79 Å². The Bertz CT molecular complexity index is 460. The minimum Gasteiger partial charge on any atom is -0.330 e. The average Bonchev–Trinajstić information content (AvgIpc) is 2.71. The van der Waals surface area contributed by atoms with Crippen LogP contribution in [-0.4, -0.2) is 15.3 Å². The van der Waals surface area contributed by atoms with Crippen LogP contribution in [0.3, 0.4) is 0 Å². The molecule has 0 radical (unpaired) electrons. The average molecular weight is 200 g/mol. The van der Waals surface area contributed by atoms with E-state index in [9.17, 15) is 4.79 Å². The molecule has 0 aliphatic rings. The summed E-state index contributed by atoms with van der Waals surface area (Å²) in [5, 5.41) is 0. The van der Waals surface area contributed by atoms with Gasteiger partial charge in [0.05, 0.1) is 12.9 Å². The summed E-state index contributed by atoms with van der Waals surface area (Å²) in [6, 6.07) is 7.62. The van der Waals surface area contributed by atoms with E-state index in [0.717, 1.165) is 11.1 Å². The van der Waals surface area contributed by atoms with E-state index < -0.39 is 0 Å². The summed E-state index contributed by atoms with van der Waals surface area (Å²) in [7, 11) is 0. The first-order valence-electron chi connectivity index (χ1n) is 4.82. The standard InChI is InChI=1S/C12H12N2O/c1-10-4-2-3-5-11(10)12(15)8-14-7-6-13-9-14/h2-7,9H,8H2,1H3. The fraction of sp³-hybridized carbons (Fsp3) is 0.167. The zero-order valence-corrected chi connectivity index (χ0v) is 8.55. The number of hydrogen-bond donors (Lipinski definition) is 0. The molecular weight excluding hydrogens is 188 g/mol. The van der Waals surface area contributed by atoms with Gasteiger partial charge in [-0.15, -0.1) is 0 Å². The smallest absolute Gasteiger partial charge is 0.182 e. The van der Waals surface area contributed by atoms with E-state index in [1.807, 2.05) is 31.2 Å². The van der Waals surface area contributed by atoms with Gasteiger partial charge in [-0.05, 0) is 12.5 Å². The summed E-state index contributed by atoms with van der Waals surface area (Å²) >= 11 is 0. The number of aromatic nitrogens is 2. The van der Waals surface area contributed by atoms with Crippen LogP contribution in [0.1, 0.15) is 15.9 Å². The Labute approximate surface area is 88.4 Å². The van der Waals surface area contributed by atoms with Gasteiger partial charge in [-0.25, -0.2) is 4.98 Å². The van der Waals surface area contributed by atoms with Gasteiger partial charge in [0.15, 0.2) is 5.78 Å². The summed E-state index contributed by atoms with van der Waals surface area (Å²) in [5.41, 5.74) is 1.80. The third kappa shape index (κ3) is 2.13. The predicted molar refractivity (Wildman–Crippen MR) is 57.7 cm³/mol. The van der Waals surface area contributed by atoms with Crippen molar-refractivity contribution >= 4 is 5.78 Å². The van der Waals surface area contributed by atoms with Crippen LogP contribution in [-0.2, 0) is 6.54 Å². The van der Waals surface area contributed by atoms with E-state index in [-0.39, 0.29) is 5.78 Å². The Hall–Kier alpha value is -1.90. The largest absolute Gasteiger partial charge is 0.330 e. The van der Waals surface area contributed by atoms with E-state index >= 15 is 0 Å². The molecule has 0 saturated carbocycles. The van der Waals surface area contributed by atoms with Crippen LogP contribution in [0.2, 0.25) is 0 Å². The first-order chi connectivity index (χ1) is 7.27. The molecule has 0 saturated heterocycles. The first kappa shape index (κ1) is 9.65. The molecule has 3 heteroatoms. The van der Waals surface area contributed by atoms with Crippen molar-refractivity contribution in [1.82, 2.24) is 9.55 Å². The Balaban J connectivity index is 2.19. The lowest BCUT2D eigenvalue weighted by atomic mass is 10.1. The molecular formula is C12H12N2O. The molecule has 3 nitrogen and oxygen atoms in total. The highest BCUT2D eigenvalue weighted by Crippen LogP contribution is 2.08. The monoisotopic (exact) mass is 200 g/mol. The molecule has 1 aromatic heterocycles. The van der Waals surface area contributed by atoms with E-state index in [0.29, 0.717) is 6.54 Å². The number of imidazole rings is 1. The number of benzene rings is 1. The zero-order chi connectivity index (χ0) is 10.7. The molecule has 1 aromatic carbocycles. The molecule has 0 spiro atoms. The van der Waals surface area contributed by atoms with Gasteiger partial charge in [0, 0.05) is 18.0 Å². The number of rotatable bonds is 3. The van der Waals surface area contributed by atoms with E-state index in [4.69, 9.17) is 0 Å². The molecule has 0 atom stereocenters. The normalized spacial score (nSPS) is 10.2. The fourth-order valence-electron chi connectivity index (χ4n) is 1.52. The van der Waals surface area contributed by atoms with Crippen LogP contribution in [0.5, 0.6) is 0 Å². The molecule has 1 heterocycles. The van der Waals surface area contributed by atoms with Gasteiger partial charge in [-0.2, -0.15) is 0 Å². The summed E-state index contributed by atoms with van der Waals surface area (Å²) in [5.74, 6) is 0.117. The number of carbonyl (C=O) groups excluding carboxylic acids is 1. The van der Waals surface area contributed by atoms with Crippen molar-refractivity contribution in [2.24, 2.45) is 0 Å². The summed E-state index contributed by atoms with van der Waals surface area (Å²) in [6.45, 7) is 2.30. The molecule has 0 bridgehead atoms. The lowest BCUT2D eigenvalue weighted by Gasteiger charge is -2.04. The maximum Gasteiger partial charge on any atom is 0.182 e. The van der Waals surface area contributed by atoms with Crippen molar-refractivity contribution in [3.8, 4) is 0 Å². The minimum absolute atomic E-state index is 0.117. The Kier molecular flexibility index (Phi) is 2.63. The van der Waals surface area contributed by atoms with E-state index in [1.165, 1.54) is 0 Å². The molecule has 0 fully saturated rings. The predicted octanol–water partition coefficient (Wildman–Crippen LogP) is 2.07. The molecule has 0 amide bonds. The van der Waals surface area contributed by atoms with Crippen molar-refractivity contribution in [3.05, 3.63) is 54.1 Å². The second-order valence-corrected chi connectivity index (χ2v) is 3.47. The van der Waals surface area contributed by atoms with E-state index in [2.05, 4.69) is 4.98 Å². The van der Waals surface area contributed by atoms with Gasteiger partial charge in [0.25, 0.3) is 0 Å². The third-order valence-electron chi connectivity index (χ3n) is 2.33. The number of aryl methyl sites for hydroxylation is 1. The summed E-state index contributed by atoms with van der Waals surface area (Å²) < 4.78 is 1.77. The van der Waals surface area contributed by atoms with Crippen molar-refractivity contribution in [2.75, 3.05) is 0 Å². The highest BCUT2D eigenvalue weighted by atomic mass is 16.1. The van der Waals surface area contributed by atoms with Gasteiger partial charge in [0.1, 0.15) is 0 Å². The second-order valence-electron chi connectivity index (χ2n) is 3.47. The van der Waals surface area contributed by atoms with Crippen molar-refractivity contribution in [3.63, 3.8) is 0 Å². The molecule has 76 valence electrons. The number of Topliss-reactive ketones (excluding diaryl/α,β-unsaturated/α-hetero) is 1. The lowest BCUT2D eigenvalue weighted by molar-refractivity contribution is 0.0971. The van der Waals surface area contributed by atoms with Crippen LogP contribution >= 0.6 is 0 Å². The molecule has 0 unspecified atom stereocenters. The quantitative estimate of drug-likeness (QED) is 0.711. The topological polar surface area (TPSA) is 34.9 Å². The van der Waals surface area contributed by atoms with Gasteiger partial charge >= 0.3 is 0 Å². The zero-order valence-electron chi connectivity index (χ0n) is 8.55. The van der Waals surface area contributed by atoms with Crippen molar-refractivity contribution in [1.29, 1.82) is 0 Å². The Morgan fingerprint density at radius 3 is 2.87 bits per heavy atom. The van der Waals surface area contributed by atoms with Crippen LogP contribution in [0.15, 0.2) is 43.0 Å². The Morgan fingerprint density at radius 2 is 2.20 bits per heavy atom. The van der Waals surface area contributed by atoms with Crippen LogP contribution < -0.4 is 0 Å². The highest BCUT2D eigenvalue weighted by Gasteiger charge is 2.08.